The third kappa shape index (κ3) is 2.02. The minimum absolute atomic E-state index is 0.0960. The van der Waals surface area contributed by atoms with Crippen LogP contribution in [-0.2, 0) is 6.54 Å². The zero-order valence-corrected chi connectivity index (χ0v) is 12.3. The lowest BCUT2D eigenvalue weighted by atomic mass is 9.94. The standard InChI is InChI=1S/C15H16N2O2S/c1-3-17-14(12(19-2)8-16-17)15(18)11-9-20-13-7-5-4-6-10(11)13/h4-8,11H,3,9H2,1-2H3. The molecular formula is C15H16N2O2S. The van der Waals surface area contributed by atoms with Crippen LogP contribution in [0.15, 0.2) is 35.4 Å². The van der Waals surface area contributed by atoms with E-state index in [0.29, 0.717) is 18.0 Å². The zero-order chi connectivity index (χ0) is 14.1. The van der Waals surface area contributed by atoms with E-state index in [9.17, 15) is 4.79 Å². The smallest absolute Gasteiger partial charge is 0.192 e. The van der Waals surface area contributed by atoms with Gasteiger partial charge in [0.1, 0.15) is 5.69 Å². The summed E-state index contributed by atoms with van der Waals surface area (Å²) >= 11 is 1.74. The Labute approximate surface area is 122 Å². The van der Waals surface area contributed by atoms with E-state index in [1.165, 1.54) is 4.90 Å². The van der Waals surface area contributed by atoms with Gasteiger partial charge in [-0.05, 0) is 18.6 Å². The van der Waals surface area contributed by atoms with Crippen molar-refractivity contribution in [3.8, 4) is 5.75 Å². The monoisotopic (exact) mass is 288 g/mol. The van der Waals surface area contributed by atoms with Gasteiger partial charge in [-0.2, -0.15) is 5.10 Å². The third-order valence-electron chi connectivity index (χ3n) is 3.58. The molecule has 1 aromatic heterocycles. The lowest BCUT2D eigenvalue weighted by Gasteiger charge is -2.12. The fourth-order valence-electron chi connectivity index (χ4n) is 2.55. The maximum Gasteiger partial charge on any atom is 0.192 e. The molecule has 20 heavy (non-hydrogen) atoms. The number of ether oxygens (including phenoxy) is 1. The Hall–Kier alpha value is -1.75. The molecule has 104 valence electrons. The molecule has 2 aromatic rings. The largest absolute Gasteiger partial charge is 0.493 e. The van der Waals surface area contributed by atoms with Gasteiger partial charge >= 0.3 is 0 Å². The summed E-state index contributed by atoms with van der Waals surface area (Å²) in [6.45, 7) is 2.63. The minimum atomic E-state index is -0.105. The van der Waals surface area contributed by atoms with Crippen LogP contribution in [-0.4, -0.2) is 28.4 Å². The van der Waals surface area contributed by atoms with E-state index in [0.717, 1.165) is 11.3 Å². The number of thioether (sulfide) groups is 1. The van der Waals surface area contributed by atoms with Crippen LogP contribution in [0.5, 0.6) is 5.75 Å². The number of aryl methyl sites for hydroxylation is 1. The van der Waals surface area contributed by atoms with E-state index in [1.807, 2.05) is 25.1 Å². The number of hydrogen-bond acceptors (Lipinski definition) is 4. The zero-order valence-electron chi connectivity index (χ0n) is 11.5. The number of rotatable bonds is 4. The van der Waals surface area contributed by atoms with Crippen molar-refractivity contribution in [1.29, 1.82) is 0 Å². The number of fused-ring (bicyclic) bond motifs is 1. The van der Waals surface area contributed by atoms with Crippen molar-refractivity contribution in [2.24, 2.45) is 0 Å². The molecule has 5 heteroatoms. The van der Waals surface area contributed by atoms with Gasteiger partial charge in [0.25, 0.3) is 0 Å². The topological polar surface area (TPSA) is 44.1 Å². The first-order valence-corrected chi connectivity index (χ1v) is 7.60. The van der Waals surface area contributed by atoms with Gasteiger partial charge in [-0.1, -0.05) is 18.2 Å². The highest BCUT2D eigenvalue weighted by Crippen LogP contribution is 2.41. The maximum absolute atomic E-state index is 12.9. The third-order valence-corrected chi connectivity index (χ3v) is 4.76. The van der Waals surface area contributed by atoms with Gasteiger partial charge in [0.05, 0.1) is 19.2 Å². The summed E-state index contributed by atoms with van der Waals surface area (Å²) in [5.74, 6) is 1.34. The fourth-order valence-corrected chi connectivity index (χ4v) is 3.78. The summed E-state index contributed by atoms with van der Waals surface area (Å²) in [5, 5.41) is 4.22. The first kappa shape index (κ1) is 13.2. The number of carbonyl (C=O) groups excluding carboxylic acids is 1. The van der Waals surface area contributed by atoms with Crippen LogP contribution in [0.2, 0.25) is 0 Å². The second kappa shape index (κ2) is 5.32. The molecule has 1 aliphatic heterocycles. The quantitative estimate of drug-likeness (QED) is 0.811. The van der Waals surface area contributed by atoms with E-state index in [-0.39, 0.29) is 11.7 Å². The van der Waals surface area contributed by atoms with Gasteiger partial charge in [-0.15, -0.1) is 11.8 Å². The van der Waals surface area contributed by atoms with Crippen molar-refractivity contribution in [2.45, 2.75) is 24.3 Å². The number of ketones is 1. The van der Waals surface area contributed by atoms with E-state index in [1.54, 1.807) is 29.8 Å². The average molecular weight is 288 g/mol. The Kier molecular flexibility index (Phi) is 3.53. The molecule has 1 atom stereocenters. The van der Waals surface area contributed by atoms with Crippen molar-refractivity contribution in [1.82, 2.24) is 9.78 Å². The number of aromatic nitrogens is 2. The molecule has 0 aliphatic carbocycles. The van der Waals surface area contributed by atoms with E-state index >= 15 is 0 Å². The number of nitrogens with zero attached hydrogens (tertiary/aromatic N) is 2. The molecular weight excluding hydrogens is 272 g/mol. The Bertz CT molecular complexity index is 630. The molecule has 0 amide bonds. The highest BCUT2D eigenvalue weighted by Gasteiger charge is 2.33. The highest BCUT2D eigenvalue weighted by atomic mass is 32.2. The molecule has 0 saturated heterocycles. The lowest BCUT2D eigenvalue weighted by molar-refractivity contribution is 0.0954. The minimum Gasteiger partial charge on any atom is -0.493 e. The van der Waals surface area contributed by atoms with Crippen molar-refractivity contribution < 1.29 is 9.53 Å². The SMILES string of the molecule is CCn1ncc(OC)c1C(=O)C1CSc2ccccc21. The van der Waals surface area contributed by atoms with Crippen LogP contribution in [0.4, 0.5) is 0 Å². The lowest BCUT2D eigenvalue weighted by Crippen LogP contribution is -2.18. The van der Waals surface area contributed by atoms with Crippen molar-refractivity contribution in [3.63, 3.8) is 0 Å². The molecule has 0 saturated carbocycles. The van der Waals surface area contributed by atoms with Gasteiger partial charge in [0.15, 0.2) is 11.5 Å². The van der Waals surface area contributed by atoms with Crippen molar-refractivity contribution in [3.05, 3.63) is 41.7 Å². The Morgan fingerprint density at radius 2 is 2.30 bits per heavy atom. The number of Topliss-reactive ketones (excluding diaryl/α,β-unsaturated/α-hetero) is 1. The molecule has 0 bridgehead atoms. The van der Waals surface area contributed by atoms with E-state index in [2.05, 4.69) is 11.2 Å². The van der Waals surface area contributed by atoms with Crippen LogP contribution in [0.25, 0.3) is 0 Å². The first-order chi connectivity index (χ1) is 9.76. The summed E-state index contributed by atoms with van der Waals surface area (Å²) in [6.07, 6.45) is 1.62. The number of carbonyl (C=O) groups is 1. The average Bonchev–Trinajstić information content (AvgIpc) is 3.10. The number of hydrogen-bond donors (Lipinski definition) is 0. The second-order valence-electron chi connectivity index (χ2n) is 4.64. The summed E-state index contributed by atoms with van der Waals surface area (Å²) in [5.41, 5.74) is 1.70. The summed E-state index contributed by atoms with van der Waals surface area (Å²) < 4.78 is 7.00. The molecule has 3 rings (SSSR count). The summed E-state index contributed by atoms with van der Waals surface area (Å²) in [4.78, 5) is 14.1. The van der Waals surface area contributed by atoms with Crippen LogP contribution < -0.4 is 4.74 Å². The number of benzene rings is 1. The Balaban J connectivity index is 2.00. The van der Waals surface area contributed by atoms with Gasteiger partial charge < -0.3 is 4.74 Å². The second-order valence-corrected chi connectivity index (χ2v) is 5.70. The van der Waals surface area contributed by atoms with E-state index < -0.39 is 0 Å². The molecule has 1 unspecified atom stereocenters. The van der Waals surface area contributed by atoms with Gasteiger partial charge in [0.2, 0.25) is 0 Å². The van der Waals surface area contributed by atoms with Crippen LogP contribution >= 0.6 is 11.8 Å². The van der Waals surface area contributed by atoms with E-state index in [4.69, 9.17) is 4.74 Å². The molecule has 0 fully saturated rings. The molecule has 0 N–H and O–H groups in total. The van der Waals surface area contributed by atoms with Crippen LogP contribution in [0, 0.1) is 0 Å². The molecule has 2 heterocycles. The molecule has 4 nitrogen and oxygen atoms in total. The van der Waals surface area contributed by atoms with Crippen molar-refractivity contribution in [2.75, 3.05) is 12.9 Å². The molecule has 1 aromatic carbocycles. The summed E-state index contributed by atoms with van der Waals surface area (Å²) in [6, 6.07) is 8.10. The fraction of sp³-hybridized carbons (Fsp3) is 0.333. The highest BCUT2D eigenvalue weighted by molar-refractivity contribution is 7.99. The maximum atomic E-state index is 12.9. The first-order valence-electron chi connectivity index (χ1n) is 6.62. The molecule has 1 aliphatic rings. The van der Waals surface area contributed by atoms with Crippen LogP contribution in [0.1, 0.15) is 28.9 Å². The normalized spacial score (nSPS) is 17.0. The number of methoxy groups -OCH3 is 1. The Morgan fingerprint density at radius 3 is 3.05 bits per heavy atom. The predicted molar refractivity (Wildman–Crippen MR) is 78.7 cm³/mol. The van der Waals surface area contributed by atoms with Gasteiger partial charge in [-0.3, -0.25) is 9.48 Å². The van der Waals surface area contributed by atoms with Crippen molar-refractivity contribution >= 4 is 17.5 Å². The predicted octanol–water partition coefficient (Wildman–Crippen LogP) is 2.98. The Morgan fingerprint density at radius 1 is 1.50 bits per heavy atom. The van der Waals surface area contributed by atoms with Gasteiger partial charge in [-0.25, -0.2) is 0 Å². The molecule has 0 radical (unpaired) electrons. The molecule has 0 spiro atoms. The van der Waals surface area contributed by atoms with Crippen LogP contribution in [0.3, 0.4) is 0 Å². The van der Waals surface area contributed by atoms with Gasteiger partial charge in [0, 0.05) is 17.2 Å². The summed E-state index contributed by atoms with van der Waals surface area (Å²) in [7, 11) is 1.57.